The molecule has 0 aromatic heterocycles. The van der Waals surface area contributed by atoms with E-state index in [1.54, 1.807) is 0 Å². The maximum absolute atomic E-state index is 2.39. The number of hydrogen-bond acceptors (Lipinski definition) is 0. The summed E-state index contributed by atoms with van der Waals surface area (Å²) in [5, 5.41) is 0. The standard InChI is InChI=1S/C72H50/c1-7-21-51(22-8-1)61-39-62(52-23-9-2-10-24-52)43-67(42-61)59-35-19-33-57(37-59)58-34-20-36-60(38-58)68-48-71(69-44-63(53-25-11-3-12-26-53)40-64(45-69)54-27-13-4-14-28-54)50-72(49-68)70-46-65(55-29-15-5-16-30-55)41-66(47-70)56-31-17-6-18-32-56/h1-50H. The third kappa shape index (κ3) is 9.51. The lowest BCUT2D eigenvalue weighted by molar-refractivity contribution is 1.53. The molecule has 0 amide bonds. The second-order valence-corrected chi connectivity index (χ2v) is 18.6. The Labute approximate surface area is 423 Å². The third-order valence-electron chi connectivity index (χ3n) is 13.8. The Balaban J connectivity index is 1.02. The highest BCUT2D eigenvalue weighted by Crippen LogP contribution is 2.41. The molecular weight excluding hydrogens is 865 g/mol. The highest BCUT2D eigenvalue weighted by molar-refractivity contribution is 5.90. The van der Waals surface area contributed by atoms with Crippen LogP contribution >= 0.6 is 0 Å². The molecule has 0 atom stereocenters. The van der Waals surface area contributed by atoms with Crippen molar-refractivity contribution in [3.8, 4) is 122 Å². The molecule has 0 saturated carbocycles. The quantitative estimate of drug-likeness (QED) is 0.121. The molecule has 0 unspecified atom stereocenters. The van der Waals surface area contributed by atoms with Gasteiger partial charge in [0, 0.05) is 0 Å². The molecule has 0 nitrogen and oxygen atoms in total. The van der Waals surface area contributed by atoms with Gasteiger partial charge in [0.1, 0.15) is 0 Å². The van der Waals surface area contributed by atoms with Gasteiger partial charge in [0.05, 0.1) is 0 Å². The minimum Gasteiger partial charge on any atom is -0.0622 e. The normalized spacial score (nSPS) is 11.1. The van der Waals surface area contributed by atoms with E-state index in [4.69, 9.17) is 0 Å². The Morgan fingerprint density at radius 3 is 0.375 bits per heavy atom. The first-order valence-electron chi connectivity index (χ1n) is 24.8. The molecule has 0 saturated heterocycles. The highest BCUT2D eigenvalue weighted by Gasteiger charge is 2.15. The van der Waals surface area contributed by atoms with E-state index in [0.29, 0.717) is 0 Å². The summed E-state index contributed by atoms with van der Waals surface area (Å²) in [7, 11) is 0. The summed E-state index contributed by atoms with van der Waals surface area (Å²) >= 11 is 0. The van der Waals surface area contributed by atoms with Gasteiger partial charge in [-0.25, -0.2) is 0 Å². The summed E-state index contributed by atoms with van der Waals surface area (Å²) in [5.74, 6) is 0. The molecule has 0 bridgehead atoms. The molecule has 12 aromatic rings. The molecule has 12 aromatic carbocycles. The summed E-state index contributed by atoms with van der Waals surface area (Å²) in [4.78, 5) is 0. The lowest BCUT2D eigenvalue weighted by Gasteiger charge is -2.16. The zero-order chi connectivity index (χ0) is 48.1. The number of benzene rings is 12. The molecule has 0 aliphatic rings. The van der Waals surface area contributed by atoms with Gasteiger partial charge in [-0.1, -0.05) is 218 Å². The van der Waals surface area contributed by atoms with Crippen molar-refractivity contribution in [2.75, 3.05) is 0 Å². The fourth-order valence-corrected chi connectivity index (χ4v) is 10.1. The van der Waals surface area contributed by atoms with Crippen molar-refractivity contribution in [1.29, 1.82) is 0 Å². The highest BCUT2D eigenvalue weighted by atomic mass is 14.2. The van der Waals surface area contributed by atoms with Gasteiger partial charge < -0.3 is 0 Å². The summed E-state index contributed by atoms with van der Waals surface area (Å²) in [6.07, 6.45) is 0. The van der Waals surface area contributed by atoms with Crippen molar-refractivity contribution in [2.24, 2.45) is 0 Å². The topological polar surface area (TPSA) is 0 Å². The van der Waals surface area contributed by atoms with Crippen LogP contribution in [0.2, 0.25) is 0 Å². The summed E-state index contributed by atoms with van der Waals surface area (Å²) < 4.78 is 0. The van der Waals surface area contributed by atoms with Crippen LogP contribution in [0.5, 0.6) is 0 Å². The van der Waals surface area contributed by atoms with Crippen LogP contribution in [0.1, 0.15) is 0 Å². The van der Waals surface area contributed by atoms with Gasteiger partial charge >= 0.3 is 0 Å². The van der Waals surface area contributed by atoms with Gasteiger partial charge in [-0.2, -0.15) is 0 Å². The molecule has 0 radical (unpaired) electrons. The van der Waals surface area contributed by atoms with Crippen molar-refractivity contribution >= 4 is 0 Å². The molecule has 0 heteroatoms. The van der Waals surface area contributed by atoms with Crippen LogP contribution in [-0.4, -0.2) is 0 Å². The largest absolute Gasteiger partial charge is 0.0622 e. The molecule has 0 aliphatic heterocycles. The monoisotopic (exact) mass is 914 g/mol. The fraction of sp³-hybridized carbons (Fsp3) is 0. The van der Waals surface area contributed by atoms with Crippen LogP contribution in [0.25, 0.3) is 122 Å². The summed E-state index contributed by atoms with van der Waals surface area (Å²) in [6, 6.07) is 111. The van der Waals surface area contributed by atoms with Crippen molar-refractivity contribution in [3.05, 3.63) is 303 Å². The molecule has 0 spiro atoms. The molecule has 0 aliphatic carbocycles. The molecule has 0 heterocycles. The maximum Gasteiger partial charge on any atom is -0.0171 e. The minimum absolute atomic E-state index is 1.15. The Morgan fingerprint density at radius 2 is 0.194 bits per heavy atom. The lowest BCUT2D eigenvalue weighted by Crippen LogP contribution is -1.91. The molecule has 0 fully saturated rings. The van der Waals surface area contributed by atoms with Gasteiger partial charge in [0.25, 0.3) is 0 Å². The van der Waals surface area contributed by atoms with Gasteiger partial charge in [-0.05, 0) is 207 Å². The van der Waals surface area contributed by atoms with Crippen LogP contribution in [0.15, 0.2) is 303 Å². The first-order chi connectivity index (χ1) is 35.6. The van der Waals surface area contributed by atoms with E-state index < -0.39 is 0 Å². The summed E-state index contributed by atoms with van der Waals surface area (Å²) in [6.45, 7) is 0. The lowest BCUT2D eigenvalue weighted by atomic mass is 9.88. The van der Waals surface area contributed by atoms with Crippen molar-refractivity contribution < 1.29 is 0 Å². The second kappa shape index (κ2) is 19.9. The van der Waals surface area contributed by atoms with E-state index in [9.17, 15) is 0 Å². The Hall–Kier alpha value is -9.36. The van der Waals surface area contributed by atoms with Crippen LogP contribution in [0, 0.1) is 0 Å². The molecule has 12 rings (SSSR count). The third-order valence-corrected chi connectivity index (χ3v) is 13.8. The van der Waals surface area contributed by atoms with Crippen molar-refractivity contribution in [1.82, 2.24) is 0 Å². The minimum atomic E-state index is 1.15. The van der Waals surface area contributed by atoms with E-state index in [1.807, 2.05) is 0 Å². The average molecular weight is 915 g/mol. The van der Waals surface area contributed by atoms with Crippen LogP contribution in [-0.2, 0) is 0 Å². The summed E-state index contributed by atoms with van der Waals surface area (Å²) in [5.41, 5.74) is 25.9. The van der Waals surface area contributed by atoms with Gasteiger partial charge in [-0.3, -0.25) is 0 Å². The second-order valence-electron chi connectivity index (χ2n) is 18.6. The number of hydrogen-bond donors (Lipinski definition) is 0. The van der Waals surface area contributed by atoms with Gasteiger partial charge in [0.2, 0.25) is 0 Å². The van der Waals surface area contributed by atoms with Crippen LogP contribution in [0.4, 0.5) is 0 Å². The zero-order valence-electron chi connectivity index (χ0n) is 39.9. The smallest absolute Gasteiger partial charge is 0.0171 e. The molecule has 72 heavy (non-hydrogen) atoms. The fourth-order valence-electron chi connectivity index (χ4n) is 10.1. The number of rotatable bonds is 11. The van der Waals surface area contributed by atoms with Gasteiger partial charge in [-0.15, -0.1) is 0 Å². The zero-order valence-corrected chi connectivity index (χ0v) is 39.9. The van der Waals surface area contributed by atoms with E-state index in [1.165, 1.54) is 89.0 Å². The Morgan fingerprint density at radius 1 is 0.0833 bits per heavy atom. The van der Waals surface area contributed by atoms with E-state index in [0.717, 1.165) is 33.4 Å². The Kier molecular flexibility index (Phi) is 12.1. The van der Waals surface area contributed by atoms with E-state index in [-0.39, 0.29) is 0 Å². The average Bonchev–Trinajstić information content (AvgIpc) is 3.48. The maximum atomic E-state index is 2.39. The van der Waals surface area contributed by atoms with E-state index >= 15 is 0 Å². The first kappa shape index (κ1) is 43.9. The Bertz CT molecular complexity index is 3480. The van der Waals surface area contributed by atoms with Gasteiger partial charge in [0.15, 0.2) is 0 Å². The van der Waals surface area contributed by atoms with Crippen molar-refractivity contribution in [3.63, 3.8) is 0 Å². The van der Waals surface area contributed by atoms with E-state index in [2.05, 4.69) is 303 Å². The molecular formula is C72H50. The predicted octanol–water partition coefficient (Wildman–Crippen LogP) is 20.0. The first-order valence-corrected chi connectivity index (χ1v) is 24.8. The molecule has 338 valence electrons. The SMILES string of the molecule is c1ccc(-c2cc(-c3ccccc3)cc(-c3cccc(-c4cccc(-c5cc(-c6cc(-c7ccccc7)cc(-c7ccccc7)c6)cc(-c6cc(-c7ccccc7)cc(-c7ccccc7)c6)c5)c4)c3)c2)cc1. The van der Waals surface area contributed by atoms with Crippen LogP contribution in [0.3, 0.4) is 0 Å². The molecule has 0 N–H and O–H groups in total. The van der Waals surface area contributed by atoms with Crippen molar-refractivity contribution in [2.45, 2.75) is 0 Å². The predicted molar refractivity (Wildman–Crippen MR) is 306 cm³/mol. The van der Waals surface area contributed by atoms with Crippen LogP contribution < -0.4 is 0 Å².